The van der Waals surface area contributed by atoms with Gasteiger partial charge in [-0.3, -0.25) is 9.52 Å². The Kier molecular flexibility index (Phi) is 5.98. The Balaban J connectivity index is 2.05. The number of amides is 1. The average Bonchev–Trinajstić information content (AvgIpc) is 2.71. The minimum Gasteiger partial charge on any atom is -0.493 e. The van der Waals surface area contributed by atoms with Gasteiger partial charge in [0.05, 0.1) is 42.6 Å². The number of hydrogen-bond donors (Lipinski definition) is 2. The van der Waals surface area contributed by atoms with Crippen LogP contribution in [-0.4, -0.2) is 52.3 Å². The van der Waals surface area contributed by atoms with Crippen molar-refractivity contribution in [2.75, 3.05) is 30.4 Å². The summed E-state index contributed by atoms with van der Waals surface area (Å²) in [5.41, 5.74) is -0.197. The van der Waals surface area contributed by atoms with Gasteiger partial charge in [0, 0.05) is 19.1 Å². The first kappa shape index (κ1) is 22.2. The van der Waals surface area contributed by atoms with Gasteiger partial charge in [0.15, 0.2) is 11.5 Å². The molecule has 2 aromatic rings. The van der Waals surface area contributed by atoms with Gasteiger partial charge < -0.3 is 24.2 Å². The molecule has 2 aromatic carbocycles. The molecule has 31 heavy (non-hydrogen) atoms. The smallest absolute Gasteiger partial charge is 0.337 e. The van der Waals surface area contributed by atoms with Crippen LogP contribution in [0.15, 0.2) is 35.2 Å². The maximum absolute atomic E-state index is 13.0. The summed E-state index contributed by atoms with van der Waals surface area (Å²) in [6.07, 6.45) is -0.248. The Bertz CT molecular complexity index is 1150. The van der Waals surface area contributed by atoms with E-state index in [0.29, 0.717) is 11.4 Å². The second-order valence-electron chi connectivity index (χ2n) is 6.85. The van der Waals surface area contributed by atoms with E-state index in [-0.39, 0.29) is 46.2 Å². The highest BCUT2D eigenvalue weighted by atomic mass is 32.2. The fourth-order valence-electron chi connectivity index (χ4n) is 3.23. The van der Waals surface area contributed by atoms with E-state index in [1.165, 1.54) is 56.4 Å². The highest BCUT2D eigenvalue weighted by molar-refractivity contribution is 7.92. The predicted molar refractivity (Wildman–Crippen MR) is 112 cm³/mol. The van der Waals surface area contributed by atoms with Gasteiger partial charge in [-0.1, -0.05) is 0 Å². The quantitative estimate of drug-likeness (QED) is 0.686. The molecule has 0 saturated carbocycles. The fourth-order valence-corrected chi connectivity index (χ4v) is 4.32. The van der Waals surface area contributed by atoms with Crippen molar-refractivity contribution < 1.29 is 37.3 Å². The zero-order valence-corrected chi connectivity index (χ0v) is 18.1. The molecule has 166 valence electrons. The lowest BCUT2D eigenvalue weighted by atomic mass is 10.1. The third kappa shape index (κ3) is 4.36. The van der Waals surface area contributed by atoms with Crippen molar-refractivity contribution in [1.29, 1.82) is 0 Å². The molecule has 0 aromatic heterocycles. The molecule has 1 heterocycles. The number of anilines is 2. The number of ether oxygens (including phenoxy) is 3. The third-order valence-electron chi connectivity index (χ3n) is 4.68. The van der Waals surface area contributed by atoms with E-state index in [0.717, 1.165) is 0 Å². The molecule has 1 aliphatic rings. The molecule has 11 heteroatoms. The number of aromatic carboxylic acids is 1. The molecule has 0 spiro atoms. The number of hydrogen-bond acceptors (Lipinski definition) is 7. The highest BCUT2D eigenvalue weighted by Gasteiger charge is 2.28. The zero-order chi connectivity index (χ0) is 22.9. The third-order valence-corrected chi connectivity index (χ3v) is 6.04. The van der Waals surface area contributed by atoms with Crippen molar-refractivity contribution in [2.24, 2.45) is 0 Å². The summed E-state index contributed by atoms with van der Waals surface area (Å²) in [5, 5.41) is 9.50. The SMILES string of the molecule is COc1cc(NS(=O)(=O)c2ccc3c(c2)N(C(C)=O)CC(C)O3)c(C(=O)O)cc1OC. The fraction of sp³-hybridized carbons (Fsp3) is 0.300. The maximum Gasteiger partial charge on any atom is 0.337 e. The van der Waals surface area contributed by atoms with Gasteiger partial charge in [-0.15, -0.1) is 0 Å². The number of carboxylic acids is 1. The predicted octanol–water partition coefficient (Wildman–Crippen LogP) is 2.34. The minimum atomic E-state index is -4.21. The molecular formula is C20H22N2O8S. The Labute approximate surface area is 179 Å². The molecule has 0 bridgehead atoms. The van der Waals surface area contributed by atoms with Crippen molar-refractivity contribution in [3.05, 3.63) is 35.9 Å². The Hall–Kier alpha value is -3.47. The second-order valence-corrected chi connectivity index (χ2v) is 8.53. The first-order chi connectivity index (χ1) is 14.6. The van der Waals surface area contributed by atoms with Crippen LogP contribution < -0.4 is 23.8 Å². The largest absolute Gasteiger partial charge is 0.493 e. The first-order valence-corrected chi connectivity index (χ1v) is 10.7. The van der Waals surface area contributed by atoms with Crippen molar-refractivity contribution in [2.45, 2.75) is 24.8 Å². The first-order valence-electron chi connectivity index (χ1n) is 9.18. The lowest BCUT2D eigenvalue weighted by molar-refractivity contribution is -0.117. The number of benzene rings is 2. The van der Waals surface area contributed by atoms with Gasteiger partial charge in [0.1, 0.15) is 11.9 Å². The molecular weight excluding hydrogens is 428 g/mol. The number of sulfonamides is 1. The summed E-state index contributed by atoms with van der Waals surface area (Å²) in [4.78, 5) is 25.0. The van der Waals surface area contributed by atoms with E-state index in [4.69, 9.17) is 14.2 Å². The molecule has 0 saturated heterocycles. The van der Waals surface area contributed by atoms with Crippen LogP contribution in [0.2, 0.25) is 0 Å². The molecule has 0 fully saturated rings. The van der Waals surface area contributed by atoms with E-state index in [1.54, 1.807) is 6.92 Å². The molecule has 1 amide bonds. The molecule has 1 atom stereocenters. The topological polar surface area (TPSA) is 131 Å². The second kappa shape index (κ2) is 8.34. The molecule has 3 rings (SSSR count). The van der Waals surface area contributed by atoms with Crippen molar-refractivity contribution in [3.8, 4) is 17.2 Å². The Morgan fingerprint density at radius 1 is 1.16 bits per heavy atom. The van der Waals surface area contributed by atoms with Crippen molar-refractivity contribution >= 4 is 33.3 Å². The number of fused-ring (bicyclic) bond motifs is 1. The molecule has 0 radical (unpaired) electrons. The van der Waals surface area contributed by atoms with Crippen molar-refractivity contribution in [1.82, 2.24) is 0 Å². The van der Waals surface area contributed by atoms with E-state index in [2.05, 4.69) is 4.72 Å². The molecule has 1 aliphatic heterocycles. The van der Waals surface area contributed by atoms with E-state index >= 15 is 0 Å². The van der Waals surface area contributed by atoms with Crippen LogP contribution in [0.3, 0.4) is 0 Å². The normalized spacial score (nSPS) is 15.5. The minimum absolute atomic E-state index is 0.139. The molecule has 10 nitrogen and oxygen atoms in total. The summed E-state index contributed by atoms with van der Waals surface area (Å²) >= 11 is 0. The number of methoxy groups -OCH3 is 2. The summed E-state index contributed by atoms with van der Waals surface area (Å²) in [5.74, 6) is -0.938. The van der Waals surface area contributed by atoms with Crippen LogP contribution in [-0.2, 0) is 14.8 Å². The van der Waals surface area contributed by atoms with Crippen LogP contribution >= 0.6 is 0 Å². The van der Waals surface area contributed by atoms with Crippen molar-refractivity contribution in [3.63, 3.8) is 0 Å². The summed E-state index contributed by atoms with van der Waals surface area (Å²) in [6, 6.07) is 6.48. The van der Waals surface area contributed by atoms with Crippen LogP contribution in [0.25, 0.3) is 0 Å². The summed E-state index contributed by atoms with van der Waals surface area (Å²) in [6.45, 7) is 3.46. The monoisotopic (exact) mass is 450 g/mol. The number of rotatable bonds is 6. The average molecular weight is 450 g/mol. The molecule has 0 aliphatic carbocycles. The highest BCUT2D eigenvalue weighted by Crippen LogP contribution is 2.37. The lowest BCUT2D eigenvalue weighted by Crippen LogP contribution is -2.41. The summed E-state index contributed by atoms with van der Waals surface area (Å²) in [7, 11) is -1.53. The van der Waals surface area contributed by atoms with Crippen LogP contribution in [0.1, 0.15) is 24.2 Å². The van der Waals surface area contributed by atoms with Gasteiger partial charge in [-0.25, -0.2) is 13.2 Å². The number of carboxylic acid groups (broad SMARTS) is 1. The number of carbonyl (C=O) groups is 2. The van der Waals surface area contributed by atoms with Crippen LogP contribution in [0.5, 0.6) is 17.2 Å². The van der Waals surface area contributed by atoms with E-state index in [1.807, 2.05) is 0 Å². The Morgan fingerprint density at radius 3 is 2.39 bits per heavy atom. The molecule has 1 unspecified atom stereocenters. The van der Waals surface area contributed by atoms with Gasteiger partial charge in [-0.05, 0) is 25.1 Å². The number of nitrogens with one attached hydrogen (secondary N) is 1. The maximum atomic E-state index is 13.0. The molecule has 2 N–H and O–H groups in total. The Morgan fingerprint density at radius 2 is 1.81 bits per heavy atom. The van der Waals surface area contributed by atoms with Crippen LogP contribution in [0, 0.1) is 0 Å². The van der Waals surface area contributed by atoms with Gasteiger partial charge in [0.25, 0.3) is 10.0 Å². The van der Waals surface area contributed by atoms with Crippen LogP contribution in [0.4, 0.5) is 11.4 Å². The standard InChI is InChI=1S/C20H22N2O8S/c1-11-10-22(12(2)23)16-7-13(5-6-17(16)30-11)31(26,27)21-15-9-19(29-4)18(28-3)8-14(15)20(24)25/h5-9,11,21H,10H2,1-4H3,(H,24,25). The van der Waals surface area contributed by atoms with Gasteiger partial charge in [0.2, 0.25) is 5.91 Å². The van der Waals surface area contributed by atoms with Gasteiger partial charge >= 0.3 is 5.97 Å². The zero-order valence-electron chi connectivity index (χ0n) is 17.3. The number of nitrogens with zero attached hydrogens (tertiary/aromatic N) is 1. The van der Waals surface area contributed by atoms with E-state index < -0.39 is 16.0 Å². The lowest BCUT2D eigenvalue weighted by Gasteiger charge is -2.33. The summed E-state index contributed by atoms with van der Waals surface area (Å²) < 4.78 is 44.3. The number of carbonyl (C=O) groups excluding carboxylic acids is 1. The van der Waals surface area contributed by atoms with E-state index in [9.17, 15) is 23.1 Å². The van der Waals surface area contributed by atoms with Gasteiger partial charge in [-0.2, -0.15) is 0 Å².